The van der Waals surface area contributed by atoms with E-state index in [0.29, 0.717) is 0 Å². The lowest BCUT2D eigenvalue weighted by Crippen LogP contribution is -2.10. The molecule has 13 aromatic rings. The van der Waals surface area contributed by atoms with Gasteiger partial charge in [0.2, 0.25) is 0 Å². The number of fused-ring (bicyclic) bond motifs is 8. The average molecular weight is 840 g/mol. The number of anilines is 3. The molecule has 0 amide bonds. The van der Waals surface area contributed by atoms with Crippen molar-refractivity contribution in [1.29, 1.82) is 0 Å². The third-order valence-corrected chi connectivity index (χ3v) is 13.4. The van der Waals surface area contributed by atoms with E-state index in [-0.39, 0.29) is 0 Å². The minimum Gasteiger partial charge on any atom is -0.455 e. The van der Waals surface area contributed by atoms with Crippen molar-refractivity contribution in [2.75, 3.05) is 4.90 Å². The van der Waals surface area contributed by atoms with E-state index in [1.165, 1.54) is 65.3 Å². The summed E-state index contributed by atoms with van der Waals surface area (Å²) in [5.41, 5.74) is 14.5. The summed E-state index contributed by atoms with van der Waals surface area (Å²) in [5, 5.41) is 12.1. The Kier molecular flexibility index (Phi) is 8.89. The van der Waals surface area contributed by atoms with Gasteiger partial charge in [-0.15, -0.1) is 0 Å². The van der Waals surface area contributed by atoms with Crippen molar-refractivity contribution in [3.63, 3.8) is 0 Å². The molecule has 0 radical (unpaired) electrons. The maximum atomic E-state index is 6.39. The Bertz CT molecular complexity index is 3970. The molecule has 1 aromatic heterocycles. The molecule has 2 nitrogen and oxygen atoms in total. The van der Waals surface area contributed by atoms with Crippen LogP contribution in [0.1, 0.15) is 0 Å². The molecular formula is C64H41NO. The Hall–Kier alpha value is -8.72. The van der Waals surface area contributed by atoms with Crippen LogP contribution < -0.4 is 4.90 Å². The highest BCUT2D eigenvalue weighted by atomic mass is 16.3. The van der Waals surface area contributed by atoms with Gasteiger partial charge < -0.3 is 9.32 Å². The fraction of sp³-hybridized carbons (Fsp3) is 0. The molecule has 2 heteroatoms. The van der Waals surface area contributed by atoms with Crippen molar-refractivity contribution in [3.8, 4) is 44.5 Å². The molecule has 0 bridgehead atoms. The van der Waals surface area contributed by atoms with E-state index in [1.807, 2.05) is 12.1 Å². The minimum absolute atomic E-state index is 0.912. The first-order valence-corrected chi connectivity index (χ1v) is 22.7. The molecule has 0 aliphatic carbocycles. The van der Waals surface area contributed by atoms with Crippen LogP contribution in [0, 0.1) is 0 Å². The fourth-order valence-corrected chi connectivity index (χ4v) is 10.2. The molecular weight excluding hydrogens is 799 g/mol. The molecule has 0 unspecified atom stereocenters. The van der Waals surface area contributed by atoms with Gasteiger partial charge in [-0.3, -0.25) is 0 Å². The standard InChI is InChI=1S/C64H41NO/c1-4-17-52-44(13-1)16-11-23-55(52)49-39-47-14-2-6-19-54(47)61(40-49)46-33-37-51(38-34-46)65(62-41-48-15-3-5-18-53(48)57-20-7-8-21-58(57)62)50-35-31-43(32-36-50)42-27-29-45(30-28-42)56-24-12-25-60-59-22-9-10-26-63(59)66-64(56)60/h1-41H. The second kappa shape index (κ2) is 15.5. The molecule has 1 heterocycles. The predicted molar refractivity (Wildman–Crippen MR) is 280 cm³/mol. The van der Waals surface area contributed by atoms with Gasteiger partial charge in [0, 0.05) is 33.1 Å². The lowest BCUT2D eigenvalue weighted by molar-refractivity contribution is 0.670. The highest BCUT2D eigenvalue weighted by molar-refractivity contribution is 6.15. The highest BCUT2D eigenvalue weighted by Gasteiger charge is 2.19. The zero-order valence-electron chi connectivity index (χ0n) is 36.0. The first-order chi connectivity index (χ1) is 32.7. The summed E-state index contributed by atoms with van der Waals surface area (Å²) in [6.45, 7) is 0. The van der Waals surface area contributed by atoms with Crippen LogP contribution in [0.25, 0.3) is 110 Å². The van der Waals surface area contributed by atoms with Gasteiger partial charge in [-0.1, -0.05) is 200 Å². The Morgan fingerprint density at radius 1 is 0.258 bits per heavy atom. The van der Waals surface area contributed by atoms with Gasteiger partial charge >= 0.3 is 0 Å². The number of rotatable bonds is 7. The maximum Gasteiger partial charge on any atom is 0.143 e. The Morgan fingerprint density at radius 3 is 1.45 bits per heavy atom. The molecule has 12 aromatic carbocycles. The van der Waals surface area contributed by atoms with Crippen LogP contribution in [0.3, 0.4) is 0 Å². The smallest absolute Gasteiger partial charge is 0.143 e. The molecule has 0 spiro atoms. The third-order valence-electron chi connectivity index (χ3n) is 13.4. The van der Waals surface area contributed by atoms with Gasteiger partial charge in [-0.05, 0) is 125 Å². The summed E-state index contributed by atoms with van der Waals surface area (Å²) in [6.07, 6.45) is 0. The first kappa shape index (κ1) is 37.8. The van der Waals surface area contributed by atoms with Crippen molar-refractivity contribution < 1.29 is 4.42 Å². The molecule has 0 N–H and O–H groups in total. The number of furan rings is 1. The predicted octanol–water partition coefficient (Wildman–Crippen LogP) is 18.3. The van der Waals surface area contributed by atoms with Crippen molar-refractivity contribution in [3.05, 3.63) is 249 Å². The van der Waals surface area contributed by atoms with Gasteiger partial charge in [0.15, 0.2) is 0 Å². The summed E-state index contributed by atoms with van der Waals surface area (Å²) in [7, 11) is 0. The van der Waals surface area contributed by atoms with Crippen LogP contribution in [0.2, 0.25) is 0 Å². The topological polar surface area (TPSA) is 16.4 Å². The lowest BCUT2D eigenvalue weighted by atomic mass is 9.91. The zero-order chi connectivity index (χ0) is 43.6. The summed E-state index contributed by atoms with van der Waals surface area (Å²) in [6, 6.07) is 90.3. The van der Waals surface area contributed by atoms with Crippen LogP contribution >= 0.6 is 0 Å². The highest BCUT2D eigenvalue weighted by Crippen LogP contribution is 2.44. The molecule has 0 saturated carbocycles. The van der Waals surface area contributed by atoms with Crippen molar-refractivity contribution in [2.45, 2.75) is 0 Å². The van der Waals surface area contributed by atoms with Crippen LogP contribution in [-0.4, -0.2) is 0 Å². The summed E-state index contributed by atoms with van der Waals surface area (Å²) >= 11 is 0. The SMILES string of the molecule is c1ccc2c(-c3cc(-c4ccc(N(c5ccc(-c6ccc(-c7cccc8c7oc7ccccc78)cc6)cc5)c5cc6ccccc6c6ccccc56)cc4)c4ccccc4c3)cccc2c1. The number of benzene rings is 12. The summed E-state index contributed by atoms with van der Waals surface area (Å²) < 4.78 is 6.39. The number of hydrogen-bond donors (Lipinski definition) is 0. The minimum atomic E-state index is 0.912. The van der Waals surface area contributed by atoms with E-state index in [4.69, 9.17) is 4.42 Å². The van der Waals surface area contributed by atoms with Crippen molar-refractivity contribution in [1.82, 2.24) is 0 Å². The van der Waals surface area contributed by atoms with Gasteiger partial charge in [-0.2, -0.15) is 0 Å². The third kappa shape index (κ3) is 6.34. The number of nitrogens with zero attached hydrogens (tertiary/aromatic N) is 1. The normalized spacial score (nSPS) is 11.6. The van der Waals surface area contributed by atoms with Crippen LogP contribution in [0.5, 0.6) is 0 Å². The van der Waals surface area contributed by atoms with E-state index < -0.39 is 0 Å². The van der Waals surface area contributed by atoms with Crippen molar-refractivity contribution >= 4 is 82.1 Å². The molecule has 0 atom stereocenters. The van der Waals surface area contributed by atoms with Crippen LogP contribution in [-0.2, 0) is 0 Å². The van der Waals surface area contributed by atoms with E-state index in [0.717, 1.165) is 61.3 Å². The summed E-state index contributed by atoms with van der Waals surface area (Å²) in [5.74, 6) is 0. The lowest BCUT2D eigenvalue weighted by Gasteiger charge is -2.28. The van der Waals surface area contributed by atoms with Gasteiger partial charge in [0.05, 0.1) is 5.69 Å². The van der Waals surface area contributed by atoms with Gasteiger partial charge in [0.25, 0.3) is 0 Å². The van der Waals surface area contributed by atoms with E-state index in [1.54, 1.807) is 0 Å². The van der Waals surface area contributed by atoms with Crippen molar-refractivity contribution in [2.24, 2.45) is 0 Å². The van der Waals surface area contributed by atoms with E-state index in [9.17, 15) is 0 Å². The number of hydrogen-bond acceptors (Lipinski definition) is 2. The summed E-state index contributed by atoms with van der Waals surface area (Å²) in [4.78, 5) is 2.42. The van der Waals surface area contributed by atoms with E-state index in [2.05, 4.69) is 241 Å². The van der Waals surface area contributed by atoms with Gasteiger partial charge in [0.1, 0.15) is 11.2 Å². The molecule has 308 valence electrons. The largest absolute Gasteiger partial charge is 0.455 e. The zero-order valence-corrected chi connectivity index (χ0v) is 36.0. The molecule has 0 saturated heterocycles. The molecule has 0 aliphatic rings. The quantitative estimate of drug-likeness (QED) is 0.149. The Morgan fingerprint density at radius 2 is 0.727 bits per heavy atom. The van der Waals surface area contributed by atoms with E-state index >= 15 is 0 Å². The van der Waals surface area contributed by atoms with Crippen LogP contribution in [0.15, 0.2) is 253 Å². The first-order valence-electron chi connectivity index (χ1n) is 22.7. The Labute approximate surface area is 382 Å². The second-order valence-electron chi connectivity index (χ2n) is 17.2. The maximum absolute atomic E-state index is 6.39. The Balaban J connectivity index is 0.908. The second-order valence-corrected chi connectivity index (χ2v) is 17.2. The molecule has 0 fully saturated rings. The monoisotopic (exact) mass is 839 g/mol. The van der Waals surface area contributed by atoms with Gasteiger partial charge in [-0.25, -0.2) is 0 Å². The average Bonchev–Trinajstić information content (AvgIpc) is 3.78. The van der Waals surface area contributed by atoms with Crippen LogP contribution in [0.4, 0.5) is 17.1 Å². The molecule has 0 aliphatic heterocycles. The fourth-order valence-electron chi connectivity index (χ4n) is 10.2. The number of para-hydroxylation sites is 2. The molecule has 13 rings (SSSR count). The molecule has 66 heavy (non-hydrogen) atoms.